The van der Waals surface area contributed by atoms with Crippen LogP contribution in [0.1, 0.15) is 35.5 Å². The highest BCUT2D eigenvalue weighted by Gasteiger charge is 2.33. The normalized spacial score (nSPS) is 16.9. The fraction of sp³-hybridized carbons (Fsp3) is 0.333. The minimum Gasteiger partial charge on any atom is -0.377 e. The zero-order valence-electron chi connectivity index (χ0n) is 20.8. The van der Waals surface area contributed by atoms with Crippen molar-refractivity contribution in [1.29, 1.82) is 0 Å². The molecule has 0 bridgehead atoms. The molecule has 9 nitrogen and oxygen atoms in total. The van der Waals surface area contributed by atoms with Gasteiger partial charge in [0.2, 0.25) is 0 Å². The Balaban J connectivity index is 1.47. The lowest BCUT2D eigenvalue weighted by Gasteiger charge is -2.35. The quantitative estimate of drug-likeness (QED) is 0.548. The van der Waals surface area contributed by atoms with E-state index in [0.29, 0.717) is 56.5 Å². The van der Waals surface area contributed by atoms with E-state index in [9.17, 15) is 14.0 Å². The van der Waals surface area contributed by atoms with Crippen molar-refractivity contribution in [2.75, 3.05) is 36.5 Å². The van der Waals surface area contributed by atoms with Crippen molar-refractivity contribution in [3.05, 3.63) is 71.2 Å². The van der Waals surface area contributed by atoms with Gasteiger partial charge < -0.3 is 25.2 Å². The smallest absolute Gasteiger partial charge is 0.319 e. The van der Waals surface area contributed by atoms with Crippen molar-refractivity contribution >= 4 is 23.4 Å². The molecular weight excluding hydrogens is 475 g/mol. The average molecular weight is 505 g/mol. The maximum Gasteiger partial charge on any atom is 0.319 e. The minimum atomic E-state index is -0.382. The first kappa shape index (κ1) is 24.6. The Bertz CT molecular complexity index is 1300. The maximum atomic E-state index is 13.4. The SMILES string of the molecule is CCNC(=O)Nc1ccc(-c2nc3c(c(N4CCOC[C@@H]4C)n2)CN(C(=O)c2ccc(F)cc2)C3)cc1. The molecule has 0 saturated carbocycles. The average Bonchev–Trinajstić information content (AvgIpc) is 3.33. The maximum absolute atomic E-state index is 13.4. The molecule has 2 aliphatic heterocycles. The molecule has 1 saturated heterocycles. The highest BCUT2D eigenvalue weighted by Crippen LogP contribution is 2.34. The van der Waals surface area contributed by atoms with Crippen LogP contribution in [0.25, 0.3) is 11.4 Å². The molecule has 0 unspecified atom stereocenters. The molecule has 3 heterocycles. The van der Waals surface area contributed by atoms with Gasteiger partial charge >= 0.3 is 6.03 Å². The number of hydrogen-bond donors (Lipinski definition) is 2. The Morgan fingerprint density at radius 1 is 1.08 bits per heavy atom. The van der Waals surface area contributed by atoms with E-state index in [4.69, 9.17) is 14.7 Å². The monoisotopic (exact) mass is 504 g/mol. The number of morpholine rings is 1. The molecule has 1 fully saturated rings. The van der Waals surface area contributed by atoms with Gasteiger partial charge in [0.25, 0.3) is 5.91 Å². The van der Waals surface area contributed by atoms with Gasteiger partial charge in [0.15, 0.2) is 5.82 Å². The molecule has 2 aromatic carbocycles. The van der Waals surface area contributed by atoms with Crippen LogP contribution in [-0.2, 0) is 17.8 Å². The van der Waals surface area contributed by atoms with Gasteiger partial charge in [-0.15, -0.1) is 0 Å². The van der Waals surface area contributed by atoms with E-state index >= 15 is 0 Å². The highest BCUT2D eigenvalue weighted by atomic mass is 19.1. The summed E-state index contributed by atoms with van der Waals surface area (Å²) in [5.74, 6) is 0.789. The van der Waals surface area contributed by atoms with Crippen LogP contribution in [-0.4, -0.2) is 59.2 Å². The van der Waals surface area contributed by atoms with Gasteiger partial charge in [0, 0.05) is 35.5 Å². The summed E-state index contributed by atoms with van der Waals surface area (Å²) in [6.45, 7) is 7.07. The number of amides is 3. The Morgan fingerprint density at radius 3 is 2.54 bits per heavy atom. The second-order valence-corrected chi connectivity index (χ2v) is 9.14. The minimum absolute atomic E-state index is 0.117. The third-order valence-electron chi connectivity index (χ3n) is 6.52. The number of hydrogen-bond acceptors (Lipinski definition) is 6. The van der Waals surface area contributed by atoms with Crippen LogP contribution in [0.3, 0.4) is 0 Å². The summed E-state index contributed by atoms with van der Waals surface area (Å²) < 4.78 is 19.0. The van der Waals surface area contributed by atoms with E-state index < -0.39 is 0 Å². The lowest BCUT2D eigenvalue weighted by atomic mass is 10.1. The van der Waals surface area contributed by atoms with Gasteiger partial charge in [-0.3, -0.25) is 4.79 Å². The molecule has 0 spiro atoms. The predicted molar refractivity (Wildman–Crippen MR) is 138 cm³/mol. The molecule has 37 heavy (non-hydrogen) atoms. The van der Waals surface area contributed by atoms with Crippen molar-refractivity contribution in [3.63, 3.8) is 0 Å². The fourth-order valence-electron chi connectivity index (χ4n) is 4.60. The Labute approximate surface area is 214 Å². The number of urea groups is 1. The molecule has 192 valence electrons. The van der Waals surface area contributed by atoms with Crippen molar-refractivity contribution in [2.45, 2.75) is 33.0 Å². The molecular formula is C27H29FN6O3. The van der Waals surface area contributed by atoms with Crippen LogP contribution >= 0.6 is 0 Å². The number of nitrogens with one attached hydrogen (secondary N) is 2. The summed E-state index contributed by atoms with van der Waals surface area (Å²) in [4.78, 5) is 38.8. The lowest BCUT2D eigenvalue weighted by Crippen LogP contribution is -2.44. The number of rotatable bonds is 5. The molecule has 3 aromatic rings. The van der Waals surface area contributed by atoms with Crippen LogP contribution in [0.15, 0.2) is 48.5 Å². The van der Waals surface area contributed by atoms with Crippen LogP contribution < -0.4 is 15.5 Å². The molecule has 10 heteroatoms. The lowest BCUT2D eigenvalue weighted by molar-refractivity contribution is 0.0750. The number of ether oxygens (including phenoxy) is 1. The van der Waals surface area contributed by atoms with E-state index in [2.05, 4.69) is 22.5 Å². The van der Waals surface area contributed by atoms with E-state index in [0.717, 1.165) is 22.6 Å². The molecule has 2 aliphatic rings. The summed E-state index contributed by atoms with van der Waals surface area (Å²) >= 11 is 0. The molecule has 0 radical (unpaired) electrons. The summed E-state index contributed by atoms with van der Waals surface area (Å²) in [5.41, 5.74) is 3.60. The zero-order chi connectivity index (χ0) is 25.9. The Kier molecular flexibility index (Phi) is 7.00. The Hall–Kier alpha value is -4.05. The van der Waals surface area contributed by atoms with Gasteiger partial charge in [-0.1, -0.05) is 0 Å². The van der Waals surface area contributed by atoms with Gasteiger partial charge in [0.05, 0.1) is 38.0 Å². The van der Waals surface area contributed by atoms with Gasteiger partial charge in [-0.25, -0.2) is 19.2 Å². The number of carbonyl (C=O) groups is 2. The topological polar surface area (TPSA) is 99.7 Å². The highest BCUT2D eigenvalue weighted by molar-refractivity contribution is 5.94. The van der Waals surface area contributed by atoms with Crippen molar-refractivity contribution < 1.29 is 18.7 Å². The fourth-order valence-corrected chi connectivity index (χ4v) is 4.60. The third-order valence-corrected chi connectivity index (χ3v) is 6.52. The summed E-state index contributed by atoms with van der Waals surface area (Å²) in [6, 6.07) is 12.8. The van der Waals surface area contributed by atoms with Crippen LogP contribution in [0, 0.1) is 5.82 Å². The third kappa shape index (κ3) is 5.24. The first-order valence-electron chi connectivity index (χ1n) is 12.4. The number of aromatic nitrogens is 2. The molecule has 5 rings (SSSR count). The summed E-state index contributed by atoms with van der Waals surface area (Å²) in [5, 5.41) is 5.49. The van der Waals surface area contributed by atoms with Crippen molar-refractivity contribution in [3.8, 4) is 11.4 Å². The van der Waals surface area contributed by atoms with E-state index in [1.807, 2.05) is 31.2 Å². The number of nitrogens with zero attached hydrogens (tertiary/aromatic N) is 4. The van der Waals surface area contributed by atoms with Crippen LogP contribution in [0.4, 0.5) is 20.7 Å². The van der Waals surface area contributed by atoms with Gasteiger partial charge in [-0.05, 0) is 62.4 Å². The van der Waals surface area contributed by atoms with E-state index in [1.54, 1.807) is 4.90 Å². The molecule has 1 atom stereocenters. The first-order chi connectivity index (χ1) is 17.9. The van der Waals surface area contributed by atoms with Gasteiger partial charge in [0.1, 0.15) is 11.6 Å². The van der Waals surface area contributed by atoms with E-state index in [1.165, 1.54) is 24.3 Å². The standard InChI is InChI=1S/C27H29FN6O3/c1-3-29-27(36)30-21-10-6-18(7-11-21)24-31-23-15-33(26(35)19-4-8-20(28)9-5-19)14-22(23)25(32-24)34-12-13-37-16-17(34)2/h4-11,17H,3,12-16H2,1-2H3,(H2,29,30,36)/t17-/m0/s1. The van der Waals surface area contributed by atoms with Gasteiger partial charge in [-0.2, -0.15) is 0 Å². The number of anilines is 2. The second kappa shape index (κ2) is 10.5. The molecule has 3 amide bonds. The second-order valence-electron chi connectivity index (χ2n) is 9.14. The summed E-state index contributed by atoms with van der Waals surface area (Å²) in [7, 11) is 0. The van der Waals surface area contributed by atoms with Crippen LogP contribution in [0.2, 0.25) is 0 Å². The Morgan fingerprint density at radius 2 is 1.84 bits per heavy atom. The molecule has 0 aliphatic carbocycles. The number of benzene rings is 2. The largest absolute Gasteiger partial charge is 0.377 e. The number of carbonyl (C=O) groups excluding carboxylic acids is 2. The number of halogens is 1. The zero-order valence-corrected chi connectivity index (χ0v) is 20.8. The first-order valence-corrected chi connectivity index (χ1v) is 12.4. The van der Waals surface area contributed by atoms with Crippen molar-refractivity contribution in [2.24, 2.45) is 0 Å². The summed E-state index contributed by atoms with van der Waals surface area (Å²) in [6.07, 6.45) is 0. The number of fused-ring (bicyclic) bond motifs is 1. The predicted octanol–water partition coefficient (Wildman–Crippen LogP) is 3.81. The molecule has 1 aromatic heterocycles. The van der Waals surface area contributed by atoms with Crippen molar-refractivity contribution in [1.82, 2.24) is 20.2 Å². The molecule has 2 N–H and O–H groups in total. The van der Waals surface area contributed by atoms with Crippen LogP contribution in [0.5, 0.6) is 0 Å². The van der Waals surface area contributed by atoms with E-state index in [-0.39, 0.29) is 23.8 Å².